The lowest BCUT2D eigenvalue weighted by molar-refractivity contribution is 1.11. The number of H-pyrrole nitrogens is 1. The van der Waals surface area contributed by atoms with Gasteiger partial charge in [-0.2, -0.15) is 5.10 Å². The molecular formula is C14H13N3S. The third-order valence-corrected chi connectivity index (χ3v) is 3.86. The molecule has 2 heterocycles. The van der Waals surface area contributed by atoms with Gasteiger partial charge in [0.15, 0.2) is 5.82 Å². The molecule has 0 unspecified atom stereocenters. The maximum absolute atomic E-state index is 6.01. The molecule has 0 aliphatic carbocycles. The summed E-state index contributed by atoms with van der Waals surface area (Å²) >= 11 is 1.68. The maximum atomic E-state index is 6.01. The molecule has 3 N–H and O–H groups in total. The third-order valence-electron chi connectivity index (χ3n) is 2.98. The highest BCUT2D eigenvalue weighted by Gasteiger charge is 2.16. The Kier molecular flexibility index (Phi) is 2.64. The van der Waals surface area contributed by atoms with Crippen molar-refractivity contribution in [3.05, 3.63) is 47.3 Å². The van der Waals surface area contributed by atoms with E-state index in [1.807, 2.05) is 23.6 Å². The number of nitrogen functional groups attached to an aromatic ring is 1. The number of rotatable bonds is 2. The molecular weight excluding hydrogens is 242 g/mol. The third kappa shape index (κ3) is 1.71. The summed E-state index contributed by atoms with van der Waals surface area (Å²) in [6.45, 7) is 2.08. The Morgan fingerprint density at radius 3 is 2.72 bits per heavy atom. The summed E-state index contributed by atoms with van der Waals surface area (Å²) in [6.07, 6.45) is 0. The van der Waals surface area contributed by atoms with Gasteiger partial charge in [0.25, 0.3) is 0 Å². The van der Waals surface area contributed by atoms with E-state index < -0.39 is 0 Å². The molecule has 0 radical (unpaired) electrons. The number of nitrogens with two attached hydrogens (primary N) is 1. The van der Waals surface area contributed by atoms with Crippen molar-refractivity contribution < 1.29 is 0 Å². The Balaban J connectivity index is 2.24. The molecule has 0 aliphatic heterocycles. The molecule has 3 aromatic rings. The number of nitrogens with zero attached hydrogens (tertiary/aromatic N) is 1. The van der Waals surface area contributed by atoms with Gasteiger partial charge >= 0.3 is 0 Å². The van der Waals surface area contributed by atoms with Gasteiger partial charge < -0.3 is 5.73 Å². The van der Waals surface area contributed by atoms with E-state index in [-0.39, 0.29) is 0 Å². The number of thiophene rings is 1. The second kappa shape index (κ2) is 4.31. The fourth-order valence-electron chi connectivity index (χ4n) is 2.08. The van der Waals surface area contributed by atoms with Crippen molar-refractivity contribution in [2.24, 2.45) is 0 Å². The predicted octanol–water partition coefficient (Wildman–Crippen LogP) is 3.70. The Bertz CT molecular complexity index is 668. The zero-order valence-corrected chi connectivity index (χ0v) is 10.8. The molecule has 0 fully saturated rings. The SMILES string of the molecule is Cc1ccccc1-c1c(N)n[nH]c1-c1cccs1. The van der Waals surface area contributed by atoms with E-state index in [9.17, 15) is 0 Å². The second-order valence-electron chi connectivity index (χ2n) is 4.15. The van der Waals surface area contributed by atoms with Crippen molar-refractivity contribution in [3.8, 4) is 21.7 Å². The van der Waals surface area contributed by atoms with Gasteiger partial charge in [-0.15, -0.1) is 11.3 Å². The fourth-order valence-corrected chi connectivity index (χ4v) is 2.81. The molecule has 0 bridgehead atoms. The van der Waals surface area contributed by atoms with E-state index >= 15 is 0 Å². The summed E-state index contributed by atoms with van der Waals surface area (Å²) in [7, 11) is 0. The summed E-state index contributed by atoms with van der Waals surface area (Å²) in [6, 6.07) is 12.3. The molecule has 18 heavy (non-hydrogen) atoms. The Hall–Kier alpha value is -2.07. The highest BCUT2D eigenvalue weighted by molar-refractivity contribution is 7.13. The van der Waals surface area contributed by atoms with Crippen LogP contribution in [0.2, 0.25) is 0 Å². The quantitative estimate of drug-likeness (QED) is 0.733. The fraction of sp³-hybridized carbons (Fsp3) is 0.0714. The van der Waals surface area contributed by atoms with Crippen LogP contribution >= 0.6 is 11.3 Å². The van der Waals surface area contributed by atoms with Crippen LogP contribution in [0.4, 0.5) is 5.82 Å². The smallest absolute Gasteiger partial charge is 0.153 e. The number of anilines is 1. The predicted molar refractivity (Wildman–Crippen MR) is 76.5 cm³/mol. The minimum absolute atomic E-state index is 0.549. The first-order chi connectivity index (χ1) is 8.77. The molecule has 0 aliphatic rings. The molecule has 0 spiro atoms. The number of aromatic amines is 1. The molecule has 3 rings (SSSR count). The van der Waals surface area contributed by atoms with Crippen LogP contribution in [-0.4, -0.2) is 10.2 Å². The van der Waals surface area contributed by atoms with E-state index in [2.05, 4.69) is 35.3 Å². The average Bonchev–Trinajstić information content (AvgIpc) is 2.99. The summed E-state index contributed by atoms with van der Waals surface area (Å²) in [5.41, 5.74) is 10.3. The zero-order valence-electron chi connectivity index (χ0n) is 9.97. The van der Waals surface area contributed by atoms with Gasteiger partial charge in [0.05, 0.1) is 16.1 Å². The van der Waals surface area contributed by atoms with Gasteiger partial charge in [0.2, 0.25) is 0 Å². The minimum atomic E-state index is 0.549. The molecule has 1 aromatic carbocycles. The first-order valence-corrected chi connectivity index (χ1v) is 6.59. The van der Waals surface area contributed by atoms with Crippen molar-refractivity contribution in [1.29, 1.82) is 0 Å². The van der Waals surface area contributed by atoms with Gasteiger partial charge in [-0.3, -0.25) is 5.10 Å². The second-order valence-corrected chi connectivity index (χ2v) is 5.10. The topological polar surface area (TPSA) is 54.7 Å². The van der Waals surface area contributed by atoms with Gasteiger partial charge in [-0.1, -0.05) is 30.3 Å². The molecule has 90 valence electrons. The van der Waals surface area contributed by atoms with Crippen molar-refractivity contribution in [1.82, 2.24) is 10.2 Å². The number of benzene rings is 1. The van der Waals surface area contributed by atoms with Gasteiger partial charge in [-0.25, -0.2) is 0 Å². The molecule has 2 aromatic heterocycles. The number of aromatic nitrogens is 2. The lowest BCUT2D eigenvalue weighted by atomic mass is 10.00. The van der Waals surface area contributed by atoms with E-state index in [0.29, 0.717) is 5.82 Å². The van der Waals surface area contributed by atoms with Crippen LogP contribution in [0.5, 0.6) is 0 Å². The first kappa shape index (κ1) is 11.0. The Labute approximate surface area is 109 Å². The molecule has 0 atom stereocenters. The van der Waals surface area contributed by atoms with Gasteiger partial charge in [0.1, 0.15) is 0 Å². The van der Waals surface area contributed by atoms with E-state index in [1.165, 1.54) is 5.56 Å². The average molecular weight is 255 g/mol. The van der Waals surface area contributed by atoms with Crippen molar-refractivity contribution in [3.63, 3.8) is 0 Å². The normalized spacial score (nSPS) is 10.7. The zero-order chi connectivity index (χ0) is 12.5. The molecule has 0 amide bonds. The van der Waals surface area contributed by atoms with Crippen LogP contribution in [0, 0.1) is 6.92 Å². The number of nitrogens with one attached hydrogen (secondary N) is 1. The van der Waals surface area contributed by atoms with Crippen LogP contribution in [0.1, 0.15) is 5.56 Å². The largest absolute Gasteiger partial charge is 0.382 e. The van der Waals surface area contributed by atoms with Crippen LogP contribution in [0.3, 0.4) is 0 Å². The summed E-state index contributed by atoms with van der Waals surface area (Å²) in [4.78, 5) is 1.15. The van der Waals surface area contributed by atoms with Gasteiger partial charge in [0, 0.05) is 0 Å². The molecule has 3 nitrogen and oxygen atoms in total. The minimum Gasteiger partial charge on any atom is -0.382 e. The number of hydrogen-bond donors (Lipinski definition) is 2. The lowest BCUT2D eigenvalue weighted by Gasteiger charge is -2.06. The first-order valence-electron chi connectivity index (χ1n) is 5.71. The monoisotopic (exact) mass is 255 g/mol. The summed E-state index contributed by atoms with van der Waals surface area (Å²) < 4.78 is 0. The van der Waals surface area contributed by atoms with E-state index in [1.54, 1.807) is 11.3 Å². The van der Waals surface area contributed by atoms with Crippen LogP contribution in [0.15, 0.2) is 41.8 Å². The molecule has 0 saturated heterocycles. The summed E-state index contributed by atoms with van der Waals surface area (Å²) in [5, 5.41) is 9.24. The van der Waals surface area contributed by atoms with Crippen LogP contribution in [-0.2, 0) is 0 Å². The van der Waals surface area contributed by atoms with Crippen molar-refractivity contribution in [2.45, 2.75) is 6.92 Å². The Morgan fingerprint density at radius 2 is 2.00 bits per heavy atom. The number of hydrogen-bond acceptors (Lipinski definition) is 3. The lowest BCUT2D eigenvalue weighted by Crippen LogP contribution is -1.90. The van der Waals surface area contributed by atoms with Crippen molar-refractivity contribution in [2.75, 3.05) is 5.73 Å². The number of aryl methyl sites for hydroxylation is 1. The van der Waals surface area contributed by atoms with Gasteiger partial charge in [-0.05, 0) is 29.5 Å². The van der Waals surface area contributed by atoms with E-state index in [0.717, 1.165) is 21.7 Å². The van der Waals surface area contributed by atoms with E-state index in [4.69, 9.17) is 5.73 Å². The molecule has 4 heteroatoms. The summed E-state index contributed by atoms with van der Waals surface area (Å²) in [5.74, 6) is 0.549. The standard InChI is InChI=1S/C14H13N3S/c1-9-5-2-3-6-10(9)12-13(16-17-14(12)15)11-7-4-8-18-11/h2-8H,1H3,(H3,15,16,17). The van der Waals surface area contributed by atoms with Crippen LogP contribution in [0.25, 0.3) is 21.7 Å². The van der Waals surface area contributed by atoms with Crippen molar-refractivity contribution >= 4 is 17.2 Å². The maximum Gasteiger partial charge on any atom is 0.153 e. The highest BCUT2D eigenvalue weighted by atomic mass is 32.1. The molecule has 0 saturated carbocycles. The highest BCUT2D eigenvalue weighted by Crippen LogP contribution is 2.37. The Morgan fingerprint density at radius 1 is 1.17 bits per heavy atom. The van der Waals surface area contributed by atoms with Crippen LogP contribution < -0.4 is 5.73 Å².